The topological polar surface area (TPSA) is 56.7 Å². The maximum absolute atomic E-state index is 6.05. The first kappa shape index (κ1) is 12.9. The van der Waals surface area contributed by atoms with Crippen molar-refractivity contribution in [2.45, 2.75) is 33.7 Å². The van der Waals surface area contributed by atoms with Gasteiger partial charge in [-0.15, -0.1) is 0 Å². The van der Waals surface area contributed by atoms with Crippen LogP contribution >= 0.6 is 0 Å². The molecule has 0 fully saturated rings. The van der Waals surface area contributed by atoms with Crippen molar-refractivity contribution in [3.63, 3.8) is 0 Å². The Balaban J connectivity index is 2.39. The van der Waals surface area contributed by atoms with E-state index in [0.29, 0.717) is 11.7 Å². The molecule has 2 aromatic heterocycles. The van der Waals surface area contributed by atoms with Gasteiger partial charge in [0, 0.05) is 23.5 Å². The summed E-state index contributed by atoms with van der Waals surface area (Å²) in [6.45, 7) is 7.38. The Labute approximate surface area is 118 Å². The van der Waals surface area contributed by atoms with E-state index >= 15 is 0 Å². The van der Waals surface area contributed by atoms with Crippen LogP contribution in [0.4, 0.5) is 5.82 Å². The number of hydrogen-bond acceptors (Lipinski definition) is 3. The third-order valence-electron chi connectivity index (χ3n) is 3.60. The second-order valence-corrected chi connectivity index (χ2v) is 5.65. The number of benzene rings is 1. The van der Waals surface area contributed by atoms with E-state index in [1.807, 2.05) is 10.7 Å². The fourth-order valence-electron chi connectivity index (χ4n) is 2.74. The van der Waals surface area contributed by atoms with E-state index in [1.165, 1.54) is 10.9 Å². The fourth-order valence-corrected chi connectivity index (χ4v) is 2.74. The van der Waals surface area contributed by atoms with Crippen molar-refractivity contribution in [3.8, 4) is 0 Å². The van der Waals surface area contributed by atoms with Gasteiger partial charge >= 0.3 is 0 Å². The Kier molecular flexibility index (Phi) is 3.08. The zero-order valence-corrected chi connectivity index (χ0v) is 12.2. The summed E-state index contributed by atoms with van der Waals surface area (Å²) < 4.78 is 1.92. The SMILES string of the molecule is CCn1cc2c(n1)c(N)nc1cccc(CC(C)C)c12. The molecule has 0 amide bonds. The van der Waals surface area contributed by atoms with Gasteiger partial charge in [0.1, 0.15) is 5.52 Å². The highest BCUT2D eigenvalue weighted by Gasteiger charge is 2.13. The molecule has 0 unspecified atom stereocenters. The van der Waals surface area contributed by atoms with Gasteiger partial charge in [-0.05, 0) is 30.9 Å². The molecule has 3 aromatic rings. The molecule has 0 atom stereocenters. The van der Waals surface area contributed by atoms with Gasteiger partial charge in [0.25, 0.3) is 0 Å². The molecular weight excluding hydrogens is 248 g/mol. The second-order valence-electron chi connectivity index (χ2n) is 5.65. The van der Waals surface area contributed by atoms with Crippen LogP contribution in [0.25, 0.3) is 21.8 Å². The lowest BCUT2D eigenvalue weighted by molar-refractivity contribution is 0.650. The molecule has 4 nitrogen and oxygen atoms in total. The largest absolute Gasteiger partial charge is 0.382 e. The number of nitrogen functional groups attached to an aromatic ring is 1. The predicted molar refractivity (Wildman–Crippen MR) is 83.7 cm³/mol. The van der Waals surface area contributed by atoms with Crippen molar-refractivity contribution in [2.24, 2.45) is 5.92 Å². The van der Waals surface area contributed by atoms with Gasteiger partial charge in [0.15, 0.2) is 5.82 Å². The van der Waals surface area contributed by atoms with Crippen molar-refractivity contribution < 1.29 is 0 Å². The third-order valence-corrected chi connectivity index (χ3v) is 3.60. The van der Waals surface area contributed by atoms with E-state index in [0.717, 1.165) is 29.4 Å². The first-order valence-electron chi connectivity index (χ1n) is 7.14. The summed E-state index contributed by atoms with van der Waals surface area (Å²) >= 11 is 0. The van der Waals surface area contributed by atoms with Gasteiger partial charge in [-0.3, -0.25) is 4.68 Å². The Morgan fingerprint density at radius 3 is 2.80 bits per heavy atom. The van der Waals surface area contributed by atoms with E-state index in [2.05, 4.69) is 49.2 Å². The number of aromatic nitrogens is 3. The van der Waals surface area contributed by atoms with Crippen molar-refractivity contribution in [2.75, 3.05) is 5.73 Å². The molecule has 4 heteroatoms. The normalized spacial score (nSPS) is 11.8. The summed E-state index contributed by atoms with van der Waals surface area (Å²) in [7, 11) is 0. The Hall–Kier alpha value is -2.10. The van der Waals surface area contributed by atoms with Crippen LogP contribution in [0, 0.1) is 5.92 Å². The van der Waals surface area contributed by atoms with Gasteiger partial charge in [-0.25, -0.2) is 4.98 Å². The van der Waals surface area contributed by atoms with E-state index in [9.17, 15) is 0 Å². The van der Waals surface area contributed by atoms with E-state index in [1.54, 1.807) is 0 Å². The van der Waals surface area contributed by atoms with Gasteiger partial charge in [-0.1, -0.05) is 26.0 Å². The Morgan fingerprint density at radius 1 is 1.30 bits per heavy atom. The lowest BCUT2D eigenvalue weighted by atomic mass is 9.97. The summed E-state index contributed by atoms with van der Waals surface area (Å²) in [4.78, 5) is 4.52. The maximum Gasteiger partial charge on any atom is 0.152 e. The van der Waals surface area contributed by atoms with Gasteiger partial charge in [0.05, 0.1) is 5.52 Å². The summed E-state index contributed by atoms with van der Waals surface area (Å²) in [5.74, 6) is 1.12. The van der Waals surface area contributed by atoms with E-state index < -0.39 is 0 Å². The number of aryl methyl sites for hydroxylation is 1. The minimum Gasteiger partial charge on any atom is -0.382 e. The van der Waals surface area contributed by atoms with Crippen molar-refractivity contribution in [1.82, 2.24) is 14.8 Å². The Bertz CT molecular complexity index is 771. The zero-order valence-electron chi connectivity index (χ0n) is 12.2. The number of pyridine rings is 1. The molecule has 0 aliphatic rings. The number of fused-ring (bicyclic) bond motifs is 3. The summed E-state index contributed by atoms with van der Waals surface area (Å²) in [6, 6.07) is 6.27. The molecule has 2 N–H and O–H groups in total. The third kappa shape index (κ3) is 2.01. The predicted octanol–water partition coefficient (Wildman–Crippen LogP) is 3.39. The fraction of sp³-hybridized carbons (Fsp3) is 0.375. The lowest BCUT2D eigenvalue weighted by Gasteiger charge is -2.10. The van der Waals surface area contributed by atoms with Crippen LogP contribution in [-0.4, -0.2) is 14.8 Å². The average Bonchev–Trinajstić information content (AvgIpc) is 2.83. The highest BCUT2D eigenvalue weighted by atomic mass is 15.3. The molecule has 3 rings (SSSR count). The number of nitrogens with two attached hydrogens (primary N) is 1. The molecule has 20 heavy (non-hydrogen) atoms. The molecule has 0 spiro atoms. The standard InChI is InChI=1S/C16H20N4/c1-4-20-9-12-14-11(8-10(2)3)6-5-7-13(14)18-16(17)15(12)19-20/h5-7,9-10H,4,8H2,1-3H3,(H2,17,18). The number of nitrogens with zero attached hydrogens (tertiary/aromatic N) is 3. The van der Waals surface area contributed by atoms with E-state index in [4.69, 9.17) is 5.73 Å². The van der Waals surface area contributed by atoms with Crippen molar-refractivity contribution >= 4 is 27.6 Å². The van der Waals surface area contributed by atoms with Crippen LogP contribution in [0.15, 0.2) is 24.4 Å². The molecule has 2 heterocycles. The van der Waals surface area contributed by atoms with E-state index in [-0.39, 0.29) is 0 Å². The van der Waals surface area contributed by atoms with Crippen LogP contribution < -0.4 is 5.73 Å². The van der Waals surface area contributed by atoms with Gasteiger partial charge in [-0.2, -0.15) is 5.10 Å². The molecule has 104 valence electrons. The smallest absolute Gasteiger partial charge is 0.152 e. The van der Waals surface area contributed by atoms with Gasteiger partial charge in [0.2, 0.25) is 0 Å². The zero-order chi connectivity index (χ0) is 14.3. The molecule has 0 aliphatic heterocycles. The molecule has 1 aromatic carbocycles. The van der Waals surface area contributed by atoms with Gasteiger partial charge < -0.3 is 5.73 Å². The monoisotopic (exact) mass is 268 g/mol. The average molecular weight is 268 g/mol. The van der Waals surface area contributed by atoms with Crippen LogP contribution in [0.1, 0.15) is 26.3 Å². The van der Waals surface area contributed by atoms with Crippen LogP contribution in [-0.2, 0) is 13.0 Å². The van der Waals surface area contributed by atoms with Crippen molar-refractivity contribution in [1.29, 1.82) is 0 Å². The second kappa shape index (κ2) is 4.78. The molecular formula is C16H20N4. The first-order chi connectivity index (χ1) is 9.60. The highest BCUT2D eigenvalue weighted by Crippen LogP contribution is 2.30. The lowest BCUT2D eigenvalue weighted by Crippen LogP contribution is -1.98. The number of anilines is 1. The first-order valence-corrected chi connectivity index (χ1v) is 7.14. The summed E-state index contributed by atoms with van der Waals surface area (Å²) in [5, 5.41) is 6.85. The van der Waals surface area contributed by atoms with Crippen LogP contribution in [0.3, 0.4) is 0 Å². The Morgan fingerprint density at radius 2 is 2.10 bits per heavy atom. The quantitative estimate of drug-likeness (QED) is 0.792. The minimum atomic E-state index is 0.515. The van der Waals surface area contributed by atoms with Crippen LogP contribution in [0.2, 0.25) is 0 Å². The van der Waals surface area contributed by atoms with Crippen LogP contribution in [0.5, 0.6) is 0 Å². The van der Waals surface area contributed by atoms with Crippen molar-refractivity contribution in [3.05, 3.63) is 30.0 Å². The highest BCUT2D eigenvalue weighted by molar-refractivity contribution is 6.09. The molecule has 0 aliphatic carbocycles. The molecule has 0 saturated heterocycles. The minimum absolute atomic E-state index is 0.515. The maximum atomic E-state index is 6.05. The number of rotatable bonds is 3. The molecule has 0 saturated carbocycles. The summed E-state index contributed by atoms with van der Waals surface area (Å²) in [6.07, 6.45) is 3.12. The molecule has 0 radical (unpaired) electrons. The number of hydrogen-bond donors (Lipinski definition) is 1. The molecule has 0 bridgehead atoms. The summed E-state index contributed by atoms with van der Waals surface area (Å²) in [5.41, 5.74) is 9.16.